The minimum Gasteiger partial charge on any atom is -0.484 e. The number of fused-ring (bicyclic) bond motifs is 1. The van der Waals surface area contributed by atoms with Crippen molar-refractivity contribution in [1.29, 1.82) is 0 Å². The van der Waals surface area contributed by atoms with E-state index in [-0.39, 0.29) is 24.7 Å². The van der Waals surface area contributed by atoms with Crippen LogP contribution in [0.3, 0.4) is 0 Å². The molecule has 1 aliphatic rings. The summed E-state index contributed by atoms with van der Waals surface area (Å²) in [5.41, 5.74) is -0.0206. The summed E-state index contributed by atoms with van der Waals surface area (Å²) in [7, 11) is 0. The van der Waals surface area contributed by atoms with Gasteiger partial charge in [-0.1, -0.05) is 5.16 Å². The molecule has 98 valence electrons. The summed E-state index contributed by atoms with van der Waals surface area (Å²) >= 11 is 0. The molecule has 8 heteroatoms. The molecule has 0 saturated heterocycles. The van der Waals surface area contributed by atoms with Crippen LogP contribution >= 0.6 is 0 Å². The van der Waals surface area contributed by atoms with Crippen molar-refractivity contribution in [2.45, 2.75) is 6.61 Å². The molecule has 0 amide bonds. The van der Waals surface area contributed by atoms with E-state index >= 15 is 0 Å². The fourth-order valence-electron chi connectivity index (χ4n) is 1.61. The van der Waals surface area contributed by atoms with Crippen LogP contribution in [-0.4, -0.2) is 28.0 Å². The first-order valence-electron chi connectivity index (χ1n) is 5.29. The molecule has 0 atom stereocenters. The number of aromatic nitrogens is 2. The van der Waals surface area contributed by atoms with Gasteiger partial charge in [-0.05, 0) is 0 Å². The summed E-state index contributed by atoms with van der Waals surface area (Å²) in [6.45, 7) is 0.0547. The lowest BCUT2D eigenvalue weighted by Gasteiger charge is -2.08. The average Bonchev–Trinajstić information content (AvgIpc) is 3.05. The summed E-state index contributed by atoms with van der Waals surface area (Å²) in [4.78, 5) is 14.9. The predicted molar refractivity (Wildman–Crippen MR) is 58.2 cm³/mol. The Morgan fingerprint density at radius 1 is 1.37 bits per heavy atom. The normalized spacial score (nSPS) is 12.4. The van der Waals surface area contributed by atoms with E-state index in [1.165, 1.54) is 12.1 Å². The molecule has 19 heavy (non-hydrogen) atoms. The van der Waals surface area contributed by atoms with Crippen molar-refractivity contribution in [2.75, 3.05) is 6.79 Å². The topological polar surface area (TPSA) is 104 Å². The van der Waals surface area contributed by atoms with Gasteiger partial charge in [0.2, 0.25) is 19.0 Å². The van der Waals surface area contributed by atoms with Crippen molar-refractivity contribution in [3.8, 4) is 17.2 Å². The van der Waals surface area contributed by atoms with E-state index in [1.807, 2.05) is 0 Å². The fraction of sp³-hybridized carbons (Fsp3) is 0.182. The molecule has 1 aromatic carbocycles. The van der Waals surface area contributed by atoms with Gasteiger partial charge in [0.1, 0.15) is 11.3 Å². The van der Waals surface area contributed by atoms with Gasteiger partial charge >= 0.3 is 5.97 Å². The first kappa shape index (κ1) is 11.3. The molecule has 0 fully saturated rings. The number of nitrogens with zero attached hydrogens (tertiary/aromatic N) is 2. The lowest BCUT2D eigenvalue weighted by atomic mass is 10.2. The monoisotopic (exact) mass is 264 g/mol. The van der Waals surface area contributed by atoms with Crippen LogP contribution in [0, 0.1) is 0 Å². The average molecular weight is 264 g/mol. The standard InChI is InChI=1S/C11H8N2O6/c14-11(15)6-1-8-9(18-5-17-8)2-7(6)16-3-10-12-4-19-13-10/h1-2,4H,3,5H2,(H,14,15). The molecule has 0 radical (unpaired) electrons. The third-order valence-corrected chi connectivity index (χ3v) is 2.47. The molecule has 3 rings (SSSR count). The highest BCUT2D eigenvalue weighted by Crippen LogP contribution is 2.38. The van der Waals surface area contributed by atoms with Gasteiger partial charge in [-0.25, -0.2) is 4.79 Å². The Balaban J connectivity index is 1.88. The van der Waals surface area contributed by atoms with Crippen LogP contribution in [0.4, 0.5) is 0 Å². The first-order chi connectivity index (χ1) is 9.24. The highest BCUT2D eigenvalue weighted by atomic mass is 16.7. The largest absolute Gasteiger partial charge is 0.484 e. The van der Waals surface area contributed by atoms with E-state index in [2.05, 4.69) is 14.7 Å². The maximum absolute atomic E-state index is 11.2. The Kier molecular flexibility index (Phi) is 2.67. The number of carbonyl (C=O) groups is 1. The van der Waals surface area contributed by atoms with Gasteiger partial charge < -0.3 is 23.8 Å². The summed E-state index contributed by atoms with van der Waals surface area (Å²) in [6, 6.07) is 2.82. The van der Waals surface area contributed by atoms with Crippen LogP contribution in [0.15, 0.2) is 23.0 Å². The molecule has 1 aliphatic heterocycles. The maximum atomic E-state index is 11.2. The zero-order valence-electron chi connectivity index (χ0n) is 9.53. The molecule has 0 unspecified atom stereocenters. The summed E-state index contributed by atoms with van der Waals surface area (Å²) in [5.74, 6) is 0.161. The second-order valence-corrected chi connectivity index (χ2v) is 3.64. The van der Waals surface area contributed by atoms with E-state index in [0.717, 1.165) is 6.39 Å². The maximum Gasteiger partial charge on any atom is 0.339 e. The predicted octanol–water partition coefficient (Wildman–Crippen LogP) is 1.08. The molecule has 1 aromatic heterocycles. The van der Waals surface area contributed by atoms with Gasteiger partial charge in [0.15, 0.2) is 18.1 Å². The fourth-order valence-corrected chi connectivity index (χ4v) is 1.61. The van der Waals surface area contributed by atoms with Gasteiger partial charge in [-0.3, -0.25) is 0 Å². The molecule has 0 aliphatic carbocycles. The SMILES string of the molecule is O=C(O)c1cc2c(cc1OCc1ncon1)OCO2. The van der Waals surface area contributed by atoms with Crippen molar-refractivity contribution in [3.05, 3.63) is 29.9 Å². The lowest BCUT2D eigenvalue weighted by Crippen LogP contribution is -2.04. The smallest absolute Gasteiger partial charge is 0.339 e. The van der Waals surface area contributed by atoms with E-state index < -0.39 is 5.97 Å². The third kappa shape index (κ3) is 2.15. The van der Waals surface area contributed by atoms with Crippen LogP contribution in [0.5, 0.6) is 17.2 Å². The molecule has 0 spiro atoms. The third-order valence-electron chi connectivity index (χ3n) is 2.47. The minimum absolute atomic E-state index is 0.00355. The summed E-state index contributed by atoms with van der Waals surface area (Å²) in [5, 5.41) is 12.7. The van der Waals surface area contributed by atoms with Gasteiger partial charge in [0.25, 0.3) is 0 Å². The van der Waals surface area contributed by atoms with Crippen LogP contribution in [0.2, 0.25) is 0 Å². The van der Waals surface area contributed by atoms with E-state index in [4.69, 9.17) is 19.3 Å². The molecule has 2 aromatic rings. The van der Waals surface area contributed by atoms with Gasteiger partial charge in [-0.2, -0.15) is 4.98 Å². The van der Waals surface area contributed by atoms with Crippen LogP contribution in [0.25, 0.3) is 0 Å². The summed E-state index contributed by atoms with van der Waals surface area (Å²) in [6.07, 6.45) is 1.16. The molecule has 1 N–H and O–H groups in total. The van der Waals surface area contributed by atoms with E-state index in [0.29, 0.717) is 17.3 Å². The quantitative estimate of drug-likeness (QED) is 0.874. The first-order valence-corrected chi connectivity index (χ1v) is 5.29. The molecular weight excluding hydrogens is 256 g/mol. The number of hydrogen-bond donors (Lipinski definition) is 1. The number of carboxylic acids is 1. The Hall–Kier alpha value is -2.77. The zero-order chi connectivity index (χ0) is 13.2. The lowest BCUT2D eigenvalue weighted by molar-refractivity contribution is 0.0691. The van der Waals surface area contributed by atoms with Crippen molar-refractivity contribution < 1.29 is 28.6 Å². The zero-order valence-corrected chi connectivity index (χ0v) is 9.53. The van der Waals surface area contributed by atoms with Gasteiger partial charge in [0, 0.05) is 12.1 Å². The molecular formula is C11H8N2O6. The van der Waals surface area contributed by atoms with Crippen molar-refractivity contribution in [3.63, 3.8) is 0 Å². The second-order valence-electron chi connectivity index (χ2n) is 3.64. The van der Waals surface area contributed by atoms with Crippen LogP contribution in [0.1, 0.15) is 16.2 Å². The molecule has 2 heterocycles. The highest BCUT2D eigenvalue weighted by molar-refractivity contribution is 5.92. The molecule has 0 saturated carbocycles. The van der Waals surface area contributed by atoms with Gasteiger partial charge in [0.05, 0.1) is 0 Å². The van der Waals surface area contributed by atoms with Crippen molar-refractivity contribution in [2.24, 2.45) is 0 Å². The van der Waals surface area contributed by atoms with E-state index in [9.17, 15) is 4.79 Å². The number of benzene rings is 1. The Morgan fingerprint density at radius 2 is 2.16 bits per heavy atom. The highest BCUT2D eigenvalue weighted by Gasteiger charge is 2.21. The number of carboxylic acid groups (broad SMARTS) is 1. The van der Waals surface area contributed by atoms with Crippen molar-refractivity contribution >= 4 is 5.97 Å². The Bertz CT molecular complexity index is 610. The number of ether oxygens (including phenoxy) is 3. The number of rotatable bonds is 4. The molecule has 8 nitrogen and oxygen atoms in total. The Labute approximate surface area is 106 Å². The number of hydrogen-bond acceptors (Lipinski definition) is 7. The minimum atomic E-state index is -1.12. The van der Waals surface area contributed by atoms with Gasteiger partial charge in [-0.15, -0.1) is 0 Å². The Morgan fingerprint density at radius 3 is 2.84 bits per heavy atom. The van der Waals surface area contributed by atoms with Crippen LogP contribution < -0.4 is 14.2 Å². The second kappa shape index (κ2) is 4.48. The van der Waals surface area contributed by atoms with Crippen molar-refractivity contribution in [1.82, 2.24) is 10.1 Å². The summed E-state index contributed by atoms with van der Waals surface area (Å²) < 4.78 is 20.2. The molecule has 0 bridgehead atoms. The van der Waals surface area contributed by atoms with Crippen LogP contribution in [-0.2, 0) is 6.61 Å². The van der Waals surface area contributed by atoms with E-state index in [1.54, 1.807) is 0 Å². The number of aromatic carboxylic acids is 1.